The van der Waals surface area contributed by atoms with Crippen LogP contribution in [0.5, 0.6) is 0 Å². The van der Waals surface area contributed by atoms with E-state index in [4.69, 9.17) is 9.47 Å². The molecule has 10 heteroatoms. The zero-order valence-electron chi connectivity index (χ0n) is 23.2. The van der Waals surface area contributed by atoms with Crippen LogP contribution >= 0.6 is 0 Å². The molecule has 1 saturated heterocycles. The quantitative estimate of drug-likeness (QED) is 0.136. The van der Waals surface area contributed by atoms with Gasteiger partial charge in [-0.1, -0.05) is 42.5 Å². The molecule has 0 aliphatic carbocycles. The summed E-state index contributed by atoms with van der Waals surface area (Å²) in [6.45, 7) is 6.68. The summed E-state index contributed by atoms with van der Waals surface area (Å²) in [5, 5.41) is 11.2. The van der Waals surface area contributed by atoms with Crippen molar-refractivity contribution in [3.63, 3.8) is 0 Å². The third-order valence-corrected chi connectivity index (χ3v) is 7.42. The summed E-state index contributed by atoms with van der Waals surface area (Å²) in [6.07, 6.45) is -5.97. The van der Waals surface area contributed by atoms with Crippen LogP contribution in [0.25, 0.3) is 0 Å². The first-order valence-electron chi connectivity index (χ1n) is 13.9. The Labute approximate surface area is 233 Å². The molecule has 0 spiro atoms. The van der Waals surface area contributed by atoms with Gasteiger partial charge < -0.3 is 14.6 Å². The van der Waals surface area contributed by atoms with Crippen molar-refractivity contribution >= 4 is 5.78 Å². The minimum absolute atomic E-state index is 0.0738. The summed E-state index contributed by atoms with van der Waals surface area (Å²) in [5.41, 5.74) is -1.66. The number of ketones is 1. The molecule has 40 heavy (non-hydrogen) atoms. The Bertz CT molecular complexity index is 1040. The Kier molecular flexibility index (Phi) is 12.1. The molecule has 1 aliphatic heterocycles. The zero-order valence-corrected chi connectivity index (χ0v) is 23.2. The van der Waals surface area contributed by atoms with Gasteiger partial charge in [-0.25, -0.2) is 4.39 Å². The molecule has 3 rings (SSSR count). The Hall–Kier alpha value is -2.37. The van der Waals surface area contributed by atoms with Crippen molar-refractivity contribution in [1.29, 1.82) is 0 Å². The van der Waals surface area contributed by atoms with Crippen LogP contribution in [0.4, 0.5) is 17.6 Å². The Morgan fingerprint density at radius 2 is 1.60 bits per heavy atom. The summed E-state index contributed by atoms with van der Waals surface area (Å²) in [5.74, 6) is -0.200. The fourth-order valence-corrected chi connectivity index (χ4v) is 5.07. The van der Waals surface area contributed by atoms with Gasteiger partial charge in [-0.2, -0.15) is 13.2 Å². The van der Waals surface area contributed by atoms with Gasteiger partial charge in [0.25, 0.3) is 0 Å². The Morgan fingerprint density at radius 1 is 1.00 bits per heavy atom. The van der Waals surface area contributed by atoms with Gasteiger partial charge in [-0.15, -0.1) is 0 Å². The van der Waals surface area contributed by atoms with Crippen molar-refractivity contribution in [3.8, 4) is 0 Å². The highest BCUT2D eigenvalue weighted by Crippen LogP contribution is 2.37. The van der Waals surface area contributed by atoms with E-state index in [9.17, 15) is 23.1 Å². The number of Topliss-reactive ketones (excluding diaryl/α,β-unsaturated/α-hetero) is 1. The number of halogens is 4. The van der Waals surface area contributed by atoms with Gasteiger partial charge in [0.05, 0.1) is 30.4 Å². The summed E-state index contributed by atoms with van der Waals surface area (Å²) in [7, 11) is 0. The number of nitrogens with zero attached hydrogens (tertiary/aromatic N) is 2. The minimum atomic E-state index is -4.52. The highest BCUT2D eigenvalue weighted by atomic mass is 19.4. The second-order valence-electron chi connectivity index (χ2n) is 9.99. The number of likely N-dealkylation sites (tertiary alicyclic amines) is 1. The molecule has 2 unspecified atom stereocenters. The number of carbonyl (C=O) groups is 1. The van der Waals surface area contributed by atoms with Crippen LogP contribution in [0.2, 0.25) is 0 Å². The highest BCUT2D eigenvalue weighted by molar-refractivity contribution is 6.00. The zero-order chi connectivity index (χ0) is 29.2. The molecule has 0 radical (unpaired) electrons. The van der Waals surface area contributed by atoms with Crippen LogP contribution in [0, 0.1) is 0 Å². The van der Waals surface area contributed by atoms with Gasteiger partial charge in [-0.3, -0.25) is 14.6 Å². The molecule has 2 aromatic rings. The van der Waals surface area contributed by atoms with Crippen LogP contribution in [-0.4, -0.2) is 85.6 Å². The molecule has 6 nitrogen and oxygen atoms in total. The van der Waals surface area contributed by atoms with E-state index < -0.39 is 29.7 Å². The van der Waals surface area contributed by atoms with Gasteiger partial charge in [-0.05, 0) is 44.4 Å². The van der Waals surface area contributed by atoms with Crippen LogP contribution < -0.4 is 0 Å². The standard InChI is InChI=1S/C30H40F4N2O4/c1-3-39-19-17-35(18-20-40-4-2)26(28(37)23-9-6-5-7-10-23)22-27(31)36-15-13-29(38,14-16-36)24-11-8-12-25(21-24)30(32,33)34/h5-12,21,26-27,38H,3-4,13-20,22H2,1-2H3. The largest absolute Gasteiger partial charge is 0.416 e. The lowest BCUT2D eigenvalue weighted by Gasteiger charge is -2.41. The second-order valence-corrected chi connectivity index (χ2v) is 9.99. The number of alkyl halides is 4. The van der Waals surface area contributed by atoms with Crippen molar-refractivity contribution in [1.82, 2.24) is 9.80 Å². The fourth-order valence-electron chi connectivity index (χ4n) is 5.07. The predicted octanol–water partition coefficient (Wildman–Crippen LogP) is 5.30. The lowest BCUT2D eigenvalue weighted by atomic mass is 9.83. The number of ether oxygens (including phenoxy) is 2. The third kappa shape index (κ3) is 8.81. The summed E-state index contributed by atoms with van der Waals surface area (Å²) >= 11 is 0. The van der Waals surface area contributed by atoms with Gasteiger partial charge in [0.1, 0.15) is 0 Å². The molecule has 1 N–H and O–H groups in total. The molecular formula is C30H40F4N2O4. The van der Waals surface area contributed by atoms with Crippen molar-refractivity contribution in [2.24, 2.45) is 0 Å². The first-order chi connectivity index (χ1) is 19.1. The van der Waals surface area contributed by atoms with E-state index in [-0.39, 0.29) is 43.7 Å². The van der Waals surface area contributed by atoms with E-state index in [0.29, 0.717) is 45.1 Å². The Morgan fingerprint density at radius 3 is 2.15 bits per heavy atom. The first kappa shape index (κ1) is 32.1. The fraction of sp³-hybridized carbons (Fsp3) is 0.567. The van der Waals surface area contributed by atoms with E-state index in [1.807, 2.05) is 24.8 Å². The number of aliphatic hydroxyl groups is 1. The number of hydrogen-bond acceptors (Lipinski definition) is 6. The van der Waals surface area contributed by atoms with E-state index >= 15 is 4.39 Å². The van der Waals surface area contributed by atoms with Crippen molar-refractivity contribution < 1.29 is 36.9 Å². The molecule has 1 aliphatic rings. The Balaban J connectivity index is 1.75. The first-order valence-corrected chi connectivity index (χ1v) is 13.9. The lowest BCUT2D eigenvalue weighted by Crippen LogP contribution is -2.51. The summed E-state index contributed by atoms with van der Waals surface area (Å²) < 4.78 is 66.6. The normalized spacial score (nSPS) is 17.6. The lowest BCUT2D eigenvalue weighted by molar-refractivity contribution is -0.137. The number of carbonyl (C=O) groups excluding carboxylic acids is 1. The summed E-state index contributed by atoms with van der Waals surface area (Å²) in [6, 6.07) is 12.7. The molecule has 2 aromatic carbocycles. The van der Waals surface area contributed by atoms with Crippen LogP contribution in [0.15, 0.2) is 54.6 Å². The topological polar surface area (TPSA) is 62.2 Å². The van der Waals surface area contributed by atoms with E-state index in [0.717, 1.165) is 12.1 Å². The highest BCUT2D eigenvalue weighted by Gasteiger charge is 2.40. The van der Waals surface area contributed by atoms with Gasteiger partial charge in [0, 0.05) is 51.4 Å². The van der Waals surface area contributed by atoms with E-state index in [2.05, 4.69) is 0 Å². The SMILES string of the molecule is CCOCCN(CCOCC)C(CC(F)N1CCC(O)(c2cccc(C(F)(F)F)c2)CC1)C(=O)c1ccccc1. The van der Waals surface area contributed by atoms with Crippen molar-refractivity contribution in [2.75, 3.05) is 52.6 Å². The molecule has 0 amide bonds. The minimum Gasteiger partial charge on any atom is -0.385 e. The third-order valence-electron chi connectivity index (χ3n) is 7.42. The molecule has 2 atom stereocenters. The maximum Gasteiger partial charge on any atom is 0.416 e. The van der Waals surface area contributed by atoms with E-state index in [1.165, 1.54) is 12.1 Å². The molecule has 0 aromatic heterocycles. The average molecular weight is 569 g/mol. The molecular weight excluding hydrogens is 528 g/mol. The number of benzene rings is 2. The maximum atomic E-state index is 15.9. The number of hydrogen-bond donors (Lipinski definition) is 1. The molecule has 0 bridgehead atoms. The average Bonchev–Trinajstić information content (AvgIpc) is 2.95. The van der Waals surface area contributed by atoms with Crippen LogP contribution in [0.3, 0.4) is 0 Å². The number of piperidine rings is 1. The van der Waals surface area contributed by atoms with Crippen molar-refractivity contribution in [2.45, 2.75) is 57.2 Å². The van der Waals surface area contributed by atoms with Gasteiger partial charge in [0.2, 0.25) is 0 Å². The molecule has 222 valence electrons. The summed E-state index contributed by atoms with van der Waals surface area (Å²) in [4.78, 5) is 17.1. The number of rotatable bonds is 15. The van der Waals surface area contributed by atoms with E-state index in [1.54, 1.807) is 29.2 Å². The van der Waals surface area contributed by atoms with Crippen molar-refractivity contribution in [3.05, 3.63) is 71.3 Å². The molecule has 1 heterocycles. The second kappa shape index (κ2) is 15.0. The smallest absolute Gasteiger partial charge is 0.385 e. The molecule has 0 saturated carbocycles. The monoisotopic (exact) mass is 568 g/mol. The van der Waals surface area contributed by atoms with Crippen LogP contribution in [0.1, 0.15) is 54.6 Å². The van der Waals surface area contributed by atoms with Gasteiger partial charge in [0.15, 0.2) is 12.1 Å². The van der Waals surface area contributed by atoms with Gasteiger partial charge >= 0.3 is 6.18 Å². The predicted molar refractivity (Wildman–Crippen MR) is 145 cm³/mol. The van der Waals surface area contributed by atoms with Crippen LogP contribution in [-0.2, 0) is 21.3 Å². The maximum absolute atomic E-state index is 15.9. The molecule has 1 fully saturated rings.